The van der Waals surface area contributed by atoms with E-state index in [0.717, 1.165) is 9.24 Å². The molecule has 1 heterocycles. The molecule has 2 aromatic rings. The van der Waals surface area contributed by atoms with Crippen LogP contribution in [0.2, 0.25) is 0 Å². The van der Waals surface area contributed by atoms with E-state index in [1.54, 1.807) is 37.3 Å². The predicted molar refractivity (Wildman–Crippen MR) is 61.4 cm³/mol. The summed E-state index contributed by atoms with van der Waals surface area (Å²) >= 11 is 0. The quantitative estimate of drug-likeness (QED) is 0.736. The number of imidazole rings is 1. The van der Waals surface area contributed by atoms with Gasteiger partial charge in [0, 0.05) is 6.20 Å². The van der Waals surface area contributed by atoms with E-state index >= 15 is 0 Å². The van der Waals surface area contributed by atoms with E-state index in [4.69, 9.17) is 10.6 Å². The van der Waals surface area contributed by atoms with Gasteiger partial charge in [0.25, 0.3) is 0 Å². The zero-order valence-corrected chi connectivity index (χ0v) is 9.16. The zero-order valence-electron chi connectivity index (χ0n) is 9.16. The number of aromatic nitrogens is 2. The highest BCUT2D eigenvalue weighted by Crippen LogP contribution is 2.09. The third kappa shape index (κ3) is 2.05. The van der Waals surface area contributed by atoms with Crippen LogP contribution in [0.4, 0.5) is 4.79 Å². The third-order valence-corrected chi connectivity index (χ3v) is 2.25. The molecule has 0 saturated heterocycles. The first kappa shape index (κ1) is 11.0. The van der Waals surface area contributed by atoms with Crippen LogP contribution in [0.3, 0.4) is 0 Å². The molecule has 2 N–H and O–H groups in total. The maximum atomic E-state index is 11.7. The molecule has 1 aromatic heterocycles. The molecule has 0 bridgehead atoms. The maximum absolute atomic E-state index is 11.7. The maximum Gasteiger partial charge on any atom is 0.427 e. The van der Waals surface area contributed by atoms with Crippen molar-refractivity contribution < 1.29 is 9.53 Å². The first-order valence-electron chi connectivity index (χ1n) is 4.93. The number of carbonyl (C=O) groups is 1. The molecule has 0 saturated carbocycles. The van der Waals surface area contributed by atoms with E-state index < -0.39 is 11.8 Å². The van der Waals surface area contributed by atoms with Gasteiger partial charge in [0.05, 0.1) is 5.69 Å². The Bertz CT molecular complexity index is 598. The number of ether oxygens (including phenoxy) is 1. The Morgan fingerprint density at radius 3 is 2.47 bits per heavy atom. The normalized spacial score (nSPS) is 10.2. The highest BCUT2D eigenvalue weighted by molar-refractivity contribution is 5.73. The average Bonchev–Trinajstić information content (AvgIpc) is 2.58. The summed E-state index contributed by atoms with van der Waals surface area (Å²) in [6, 6.07) is 8.49. The number of rotatable bonds is 1. The fourth-order valence-electron chi connectivity index (χ4n) is 1.34. The summed E-state index contributed by atoms with van der Waals surface area (Å²) in [4.78, 5) is 23.2. The number of carbonyl (C=O) groups excluding carboxylic acids is 1. The summed E-state index contributed by atoms with van der Waals surface area (Å²) < 4.78 is 6.71. The molecule has 6 heteroatoms. The molecule has 0 spiro atoms. The lowest BCUT2D eigenvalue weighted by Crippen LogP contribution is -2.34. The number of para-hydroxylation sites is 1. The Morgan fingerprint density at radius 2 is 1.94 bits per heavy atom. The topological polar surface area (TPSA) is 79.2 Å². The van der Waals surface area contributed by atoms with Crippen LogP contribution < -0.4 is 16.3 Å². The highest BCUT2D eigenvalue weighted by atomic mass is 16.6. The summed E-state index contributed by atoms with van der Waals surface area (Å²) in [6.45, 7) is 1.62. The van der Waals surface area contributed by atoms with Gasteiger partial charge in [-0.25, -0.2) is 14.3 Å². The van der Waals surface area contributed by atoms with Gasteiger partial charge in [0.2, 0.25) is 0 Å². The molecule has 0 unspecified atom stereocenters. The fraction of sp³-hybridized carbons (Fsp3) is 0.0909. The number of nitrogens with zero attached hydrogens (tertiary/aromatic N) is 2. The molecular formula is C11H11N3O3. The average molecular weight is 233 g/mol. The molecule has 2 rings (SSSR count). The number of hydrogen-bond donors (Lipinski definition) is 1. The zero-order chi connectivity index (χ0) is 12.4. The lowest BCUT2D eigenvalue weighted by Gasteiger charge is -2.02. The van der Waals surface area contributed by atoms with E-state index in [1.165, 1.54) is 6.20 Å². The van der Waals surface area contributed by atoms with Crippen molar-refractivity contribution in [3.05, 3.63) is 52.7 Å². The van der Waals surface area contributed by atoms with Crippen LogP contribution in [-0.4, -0.2) is 15.3 Å². The Morgan fingerprint density at radius 1 is 1.29 bits per heavy atom. The standard InChI is InChI=1S/C11H11N3O3/c1-8-7-13(10(15)14(8)12)11(16)17-9-5-3-2-4-6-9/h2-7H,12H2,1H3. The van der Waals surface area contributed by atoms with Gasteiger partial charge in [-0.15, -0.1) is 0 Å². The van der Waals surface area contributed by atoms with Gasteiger partial charge in [-0.3, -0.25) is 0 Å². The Balaban J connectivity index is 2.27. The molecule has 0 aliphatic heterocycles. The van der Waals surface area contributed by atoms with Gasteiger partial charge in [0.15, 0.2) is 0 Å². The molecule has 0 atom stereocenters. The first-order valence-corrected chi connectivity index (χ1v) is 4.93. The van der Waals surface area contributed by atoms with E-state index in [0.29, 0.717) is 11.4 Å². The second-order valence-electron chi connectivity index (χ2n) is 3.47. The lowest BCUT2D eigenvalue weighted by atomic mass is 10.3. The van der Waals surface area contributed by atoms with Crippen molar-refractivity contribution in [2.24, 2.45) is 0 Å². The Labute approximate surface area is 96.8 Å². The molecule has 0 fully saturated rings. The molecule has 0 aliphatic rings. The number of hydrogen-bond acceptors (Lipinski definition) is 4. The van der Waals surface area contributed by atoms with Crippen molar-refractivity contribution in [1.29, 1.82) is 0 Å². The minimum absolute atomic E-state index is 0.367. The van der Waals surface area contributed by atoms with Gasteiger partial charge in [-0.2, -0.15) is 4.57 Å². The van der Waals surface area contributed by atoms with Gasteiger partial charge >= 0.3 is 11.8 Å². The second kappa shape index (κ2) is 4.17. The fourth-order valence-corrected chi connectivity index (χ4v) is 1.34. The third-order valence-electron chi connectivity index (χ3n) is 2.25. The van der Waals surface area contributed by atoms with Gasteiger partial charge in [-0.05, 0) is 19.1 Å². The van der Waals surface area contributed by atoms with Gasteiger partial charge < -0.3 is 10.6 Å². The van der Waals surface area contributed by atoms with Crippen LogP contribution in [0.1, 0.15) is 5.69 Å². The van der Waals surface area contributed by atoms with Gasteiger partial charge in [-0.1, -0.05) is 18.2 Å². The number of nitrogen functional groups attached to an aromatic ring is 1. The predicted octanol–water partition coefficient (Wildman–Crippen LogP) is 0.719. The monoisotopic (exact) mass is 233 g/mol. The van der Waals surface area contributed by atoms with Crippen molar-refractivity contribution in [1.82, 2.24) is 9.24 Å². The minimum Gasteiger partial charge on any atom is -0.410 e. The van der Waals surface area contributed by atoms with Crippen LogP contribution in [0.25, 0.3) is 0 Å². The molecule has 17 heavy (non-hydrogen) atoms. The molecule has 0 aliphatic carbocycles. The Kier molecular flexibility index (Phi) is 2.70. The van der Waals surface area contributed by atoms with Crippen LogP contribution in [0.5, 0.6) is 5.75 Å². The van der Waals surface area contributed by atoms with Crippen molar-refractivity contribution in [3.63, 3.8) is 0 Å². The summed E-state index contributed by atoms with van der Waals surface area (Å²) in [5.41, 5.74) is -0.163. The molecule has 0 amide bonds. The van der Waals surface area contributed by atoms with Gasteiger partial charge in [0.1, 0.15) is 5.75 Å². The van der Waals surface area contributed by atoms with Crippen molar-refractivity contribution in [3.8, 4) is 5.75 Å². The van der Waals surface area contributed by atoms with E-state index in [2.05, 4.69) is 0 Å². The molecule has 1 aromatic carbocycles. The number of benzene rings is 1. The SMILES string of the molecule is Cc1cn(C(=O)Oc2ccccc2)c(=O)n1N. The van der Waals surface area contributed by atoms with E-state index in [1.807, 2.05) is 0 Å². The van der Waals surface area contributed by atoms with Crippen LogP contribution >= 0.6 is 0 Å². The molecule has 88 valence electrons. The highest BCUT2D eigenvalue weighted by Gasteiger charge is 2.14. The minimum atomic E-state index is -0.784. The number of nitrogens with two attached hydrogens (primary N) is 1. The smallest absolute Gasteiger partial charge is 0.410 e. The summed E-state index contributed by atoms with van der Waals surface area (Å²) in [5.74, 6) is 5.78. The van der Waals surface area contributed by atoms with E-state index in [9.17, 15) is 9.59 Å². The first-order chi connectivity index (χ1) is 8.09. The van der Waals surface area contributed by atoms with Crippen LogP contribution in [0.15, 0.2) is 41.3 Å². The lowest BCUT2D eigenvalue weighted by molar-refractivity contribution is 0.201. The Hall–Kier alpha value is -2.50. The van der Waals surface area contributed by atoms with Crippen LogP contribution in [0, 0.1) is 6.92 Å². The van der Waals surface area contributed by atoms with Crippen molar-refractivity contribution >= 4 is 6.09 Å². The molecular weight excluding hydrogens is 222 g/mol. The molecule has 0 radical (unpaired) electrons. The summed E-state index contributed by atoms with van der Waals surface area (Å²) in [6.07, 6.45) is 0.543. The van der Waals surface area contributed by atoms with Crippen molar-refractivity contribution in [2.45, 2.75) is 6.92 Å². The largest absolute Gasteiger partial charge is 0.427 e. The van der Waals surface area contributed by atoms with Crippen LogP contribution in [-0.2, 0) is 0 Å². The van der Waals surface area contributed by atoms with Crippen molar-refractivity contribution in [2.75, 3.05) is 5.84 Å². The summed E-state index contributed by atoms with van der Waals surface area (Å²) in [7, 11) is 0. The van der Waals surface area contributed by atoms with E-state index in [-0.39, 0.29) is 0 Å². The number of aryl methyl sites for hydroxylation is 1. The second-order valence-corrected chi connectivity index (χ2v) is 3.47. The molecule has 6 nitrogen and oxygen atoms in total. The summed E-state index contributed by atoms with van der Waals surface area (Å²) in [5, 5.41) is 0.